The summed E-state index contributed by atoms with van der Waals surface area (Å²) in [6.07, 6.45) is 0.112. The maximum atomic E-state index is 12.0. The van der Waals surface area contributed by atoms with Gasteiger partial charge in [-0.15, -0.1) is 11.3 Å². The Balaban J connectivity index is 2.48. The van der Waals surface area contributed by atoms with Crippen molar-refractivity contribution in [2.24, 2.45) is 5.41 Å². The first-order chi connectivity index (χ1) is 7.84. The van der Waals surface area contributed by atoms with Crippen molar-refractivity contribution in [3.63, 3.8) is 0 Å². The normalized spacial score (nSPS) is 18.8. The molecular weight excluding hydrogens is 242 g/mol. The number of rotatable bonds is 2. The lowest BCUT2D eigenvalue weighted by molar-refractivity contribution is -0.124. The van der Waals surface area contributed by atoms with Crippen molar-refractivity contribution in [2.75, 3.05) is 4.90 Å². The standard InChI is InChI=1S/C11H11NO4S/c1-11(2)5-7(13)12(10(11)16)6-3-4-17-8(6)9(14)15/h3-4H,5H2,1-2H3,(H,14,15). The van der Waals surface area contributed by atoms with Crippen LogP contribution in [0.1, 0.15) is 29.9 Å². The van der Waals surface area contributed by atoms with Crippen LogP contribution >= 0.6 is 11.3 Å². The lowest BCUT2D eigenvalue weighted by Gasteiger charge is -2.17. The molecule has 17 heavy (non-hydrogen) atoms. The van der Waals surface area contributed by atoms with Crippen molar-refractivity contribution in [2.45, 2.75) is 20.3 Å². The number of anilines is 1. The third-order valence-electron chi connectivity index (χ3n) is 2.70. The Morgan fingerprint density at radius 2 is 2.12 bits per heavy atom. The highest BCUT2D eigenvalue weighted by atomic mass is 32.1. The SMILES string of the molecule is CC1(C)CC(=O)N(c2ccsc2C(=O)O)C1=O. The van der Waals surface area contributed by atoms with Gasteiger partial charge in [-0.3, -0.25) is 9.59 Å². The van der Waals surface area contributed by atoms with Crippen molar-refractivity contribution in [1.29, 1.82) is 0 Å². The van der Waals surface area contributed by atoms with E-state index < -0.39 is 11.4 Å². The predicted molar refractivity (Wildman–Crippen MR) is 62.2 cm³/mol. The zero-order valence-electron chi connectivity index (χ0n) is 9.39. The monoisotopic (exact) mass is 253 g/mol. The summed E-state index contributed by atoms with van der Waals surface area (Å²) in [5.74, 6) is -1.82. The van der Waals surface area contributed by atoms with Crippen LogP contribution in [0.5, 0.6) is 0 Å². The second-order valence-electron chi connectivity index (χ2n) is 4.54. The predicted octanol–water partition coefficient (Wildman–Crippen LogP) is 1.74. The second-order valence-corrected chi connectivity index (χ2v) is 5.45. The molecule has 0 aromatic carbocycles. The Labute approximate surface area is 102 Å². The fourth-order valence-electron chi connectivity index (χ4n) is 1.83. The third kappa shape index (κ3) is 1.74. The summed E-state index contributed by atoms with van der Waals surface area (Å²) in [5.41, 5.74) is -0.572. The number of imide groups is 1. The third-order valence-corrected chi connectivity index (χ3v) is 3.60. The molecule has 1 aliphatic rings. The van der Waals surface area contributed by atoms with Crippen molar-refractivity contribution in [1.82, 2.24) is 0 Å². The Hall–Kier alpha value is -1.69. The molecule has 1 aromatic rings. The molecular formula is C11H11NO4S. The van der Waals surface area contributed by atoms with E-state index in [1.165, 1.54) is 6.07 Å². The van der Waals surface area contributed by atoms with Gasteiger partial charge in [0.05, 0.1) is 11.1 Å². The summed E-state index contributed by atoms with van der Waals surface area (Å²) in [6.45, 7) is 3.36. The molecule has 0 bridgehead atoms. The van der Waals surface area contributed by atoms with E-state index in [1.54, 1.807) is 19.2 Å². The first kappa shape index (κ1) is 11.8. The highest BCUT2D eigenvalue weighted by molar-refractivity contribution is 7.12. The molecule has 0 aliphatic carbocycles. The molecule has 2 rings (SSSR count). The Bertz CT molecular complexity index is 517. The van der Waals surface area contributed by atoms with Gasteiger partial charge in [-0.1, -0.05) is 13.8 Å². The molecule has 0 saturated carbocycles. The molecule has 1 aromatic heterocycles. The number of amides is 2. The van der Waals surface area contributed by atoms with Gasteiger partial charge in [-0.05, 0) is 11.4 Å². The van der Waals surface area contributed by atoms with Gasteiger partial charge in [0, 0.05) is 6.42 Å². The van der Waals surface area contributed by atoms with Crippen LogP contribution < -0.4 is 4.90 Å². The van der Waals surface area contributed by atoms with Crippen molar-refractivity contribution < 1.29 is 19.5 Å². The Morgan fingerprint density at radius 3 is 2.59 bits per heavy atom. The Morgan fingerprint density at radius 1 is 1.47 bits per heavy atom. The summed E-state index contributed by atoms with van der Waals surface area (Å²) >= 11 is 1.00. The fourth-order valence-corrected chi connectivity index (χ4v) is 2.54. The molecule has 0 unspecified atom stereocenters. The van der Waals surface area contributed by atoms with Crippen LogP contribution in [0.25, 0.3) is 0 Å². The zero-order chi connectivity index (χ0) is 12.8. The fraction of sp³-hybridized carbons (Fsp3) is 0.364. The number of carbonyl (C=O) groups excluding carboxylic acids is 2. The zero-order valence-corrected chi connectivity index (χ0v) is 10.2. The van der Waals surface area contributed by atoms with Crippen LogP contribution in [0.4, 0.5) is 5.69 Å². The molecule has 0 spiro atoms. The van der Waals surface area contributed by atoms with Gasteiger partial charge in [0.15, 0.2) is 0 Å². The van der Waals surface area contributed by atoms with Gasteiger partial charge in [0.25, 0.3) is 0 Å². The summed E-state index contributed by atoms with van der Waals surface area (Å²) < 4.78 is 0. The summed E-state index contributed by atoms with van der Waals surface area (Å²) in [6, 6.07) is 1.49. The van der Waals surface area contributed by atoms with Crippen LogP contribution in [0.3, 0.4) is 0 Å². The molecule has 1 aliphatic heterocycles. The van der Waals surface area contributed by atoms with Gasteiger partial charge < -0.3 is 5.11 Å². The van der Waals surface area contributed by atoms with E-state index in [1.807, 2.05) is 0 Å². The van der Waals surface area contributed by atoms with E-state index in [0.29, 0.717) is 0 Å². The molecule has 2 heterocycles. The van der Waals surface area contributed by atoms with E-state index in [4.69, 9.17) is 5.11 Å². The summed E-state index contributed by atoms with van der Waals surface area (Å²) in [4.78, 5) is 35.8. The van der Waals surface area contributed by atoms with Gasteiger partial charge in [0.1, 0.15) is 4.88 Å². The van der Waals surface area contributed by atoms with Crippen LogP contribution in [-0.4, -0.2) is 22.9 Å². The molecule has 0 radical (unpaired) electrons. The average molecular weight is 253 g/mol. The lowest BCUT2D eigenvalue weighted by Crippen LogP contribution is -2.33. The van der Waals surface area contributed by atoms with Crippen LogP contribution in [-0.2, 0) is 9.59 Å². The van der Waals surface area contributed by atoms with E-state index in [9.17, 15) is 14.4 Å². The molecule has 5 nitrogen and oxygen atoms in total. The number of hydrogen-bond acceptors (Lipinski definition) is 4. The minimum absolute atomic E-state index is 0.0180. The number of nitrogens with zero attached hydrogens (tertiary/aromatic N) is 1. The topological polar surface area (TPSA) is 74.7 Å². The Kier molecular flexibility index (Phi) is 2.54. The highest BCUT2D eigenvalue weighted by Gasteiger charge is 2.46. The maximum absolute atomic E-state index is 12.0. The van der Waals surface area contributed by atoms with E-state index in [-0.39, 0.29) is 28.8 Å². The van der Waals surface area contributed by atoms with E-state index >= 15 is 0 Å². The maximum Gasteiger partial charge on any atom is 0.348 e. The number of aromatic carboxylic acids is 1. The first-order valence-electron chi connectivity index (χ1n) is 5.03. The molecule has 1 saturated heterocycles. The van der Waals surface area contributed by atoms with Gasteiger partial charge in [-0.2, -0.15) is 0 Å². The van der Waals surface area contributed by atoms with Crippen molar-refractivity contribution in [3.8, 4) is 0 Å². The summed E-state index contributed by atoms with van der Waals surface area (Å²) in [7, 11) is 0. The van der Waals surface area contributed by atoms with E-state index in [0.717, 1.165) is 16.2 Å². The number of carboxylic acid groups (broad SMARTS) is 1. The van der Waals surface area contributed by atoms with Gasteiger partial charge >= 0.3 is 5.97 Å². The largest absolute Gasteiger partial charge is 0.477 e. The number of carboxylic acids is 1. The quantitative estimate of drug-likeness (QED) is 0.814. The van der Waals surface area contributed by atoms with Crippen LogP contribution in [0, 0.1) is 5.41 Å². The second kappa shape index (κ2) is 3.66. The van der Waals surface area contributed by atoms with Crippen LogP contribution in [0.15, 0.2) is 11.4 Å². The number of thiophene rings is 1. The van der Waals surface area contributed by atoms with Crippen molar-refractivity contribution in [3.05, 3.63) is 16.3 Å². The molecule has 90 valence electrons. The summed E-state index contributed by atoms with van der Waals surface area (Å²) in [5, 5.41) is 10.5. The van der Waals surface area contributed by atoms with Gasteiger partial charge in [-0.25, -0.2) is 9.69 Å². The molecule has 0 atom stereocenters. The number of carbonyl (C=O) groups is 3. The smallest absolute Gasteiger partial charge is 0.348 e. The van der Waals surface area contributed by atoms with Gasteiger partial charge in [0.2, 0.25) is 11.8 Å². The minimum atomic E-state index is -1.12. The van der Waals surface area contributed by atoms with Crippen LogP contribution in [0.2, 0.25) is 0 Å². The minimum Gasteiger partial charge on any atom is -0.477 e. The molecule has 6 heteroatoms. The molecule has 2 amide bonds. The molecule has 1 fully saturated rings. The van der Waals surface area contributed by atoms with Crippen molar-refractivity contribution >= 4 is 34.8 Å². The first-order valence-corrected chi connectivity index (χ1v) is 5.91. The van der Waals surface area contributed by atoms with E-state index in [2.05, 4.69) is 0 Å². The molecule has 1 N–H and O–H groups in total. The lowest BCUT2D eigenvalue weighted by atomic mass is 9.92. The number of hydrogen-bond donors (Lipinski definition) is 1. The average Bonchev–Trinajstić information content (AvgIpc) is 2.71. The highest BCUT2D eigenvalue weighted by Crippen LogP contribution is 2.37.